The van der Waals surface area contributed by atoms with Gasteiger partial charge in [0.25, 0.3) is 0 Å². The molecule has 0 saturated carbocycles. The Kier molecular flexibility index (Phi) is 9.70. The Morgan fingerprint density at radius 1 is 0.939 bits per heavy atom. The summed E-state index contributed by atoms with van der Waals surface area (Å²) in [5, 5.41) is 16.7. The van der Waals surface area contributed by atoms with Gasteiger partial charge >= 0.3 is 0 Å². The van der Waals surface area contributed by atoms with Crippen LogP contribution >= 0.6 is 12.6 Å². The maximum Gasteiger partial charge on any atom is 0.244 e. The van der Waals surface area contributed by atoms with Crippen molar-refractivity contribution < 1.29 is 24.3 Å². The first-order valence-corrected chi connectivity index (χ1v) is 10.7. The van der Waals surface area contributed by atoms with E-state index >= 15 is 0 Å². The van der Waals surface area contributed by atoms with Crippen LogP contribution in [0.2, 0.25) is 0 Å². The Hall–Kier alpha value is -3.57. The summed E-state index contributed by atoms with van der Waals surface area (Å²) in [5.74, 6) is -2.54. The minimum Gasteiger partial charge on any atom is -0.508 e. The molecule has 8 N–H and O–H groups in total. The van der Waals surface area contributed by atoms with Crippen molar-refractivity contribution in [2.24, 2.45) is 11.5 Å². The fourth-order valence-electron chi connectivity index (χ4n) is 2.92. The van der Waals surface area contributed by atoms with E-state index in [1.807, 2.05) is 0 Å². The number of phenols is 1. The van der Waals surface area contributed by atoms with E-state index in [2.05, 4.69) is 28.6 Å². The van der Waals surface area contributed by atoms with Crippen molar-refractivity contribution in [2.45, 2.75) is 24.5 Å². The number of primary amides is 1. The number of aromatic hydroxyl groups is 1. The summed E-state index contributed by atoms with van der Waals surface area (Å²) in [4.78, 5) is 48.8. The normalized spacial score (nSPS) is 13.3. The molecule has 4 amide bonds. The predicted molar refractivity (Wildman–Crippen MR) is 125 cm³/mol. The van der Waals surface area contributed by atoms with Crippen LogP contribution in [0.3, 0.4) is 0 Å². The zero-order chi connectivity index (χ0) is 24.4. The van der Waals surface area contributed by atoms with Crippen LogP contribution in [-0.4, -0.2) is 53.1 Å². The van der Waals surface area contributed by atoms with Crippen molar-refractivity contribution in [3.8, 4) is 5.75 Å². The minimum absolute atomic E-state index is 0.0494. The Bertz CT molecular complexity index is 971. The number of nitrogens with two attached hydrogens (primary N) is 2. The zero-order valence-electron chi connectivity index (χ0n) is 17.7. The maximum absolute atomic E-state index is 12.6. The second-order valence-corrected chi connectivity index (χ2v) is 7.62. The molecular weight excluding hydrogens is 446 g/mol. The molecule has 2 aromatic rings. The first kappa shape index (κ1) is 25.7. The van der Waals surface area contributed by atoms with Crippen LogP contribution in [0, 0.1) is 0 Å². The van der Waals surface area contributed by atoms with Crippen molar-refractivity contribution >= 4 is 36.3 Å². The molecule has 0 fully saturated rings. The highest BCUT2D eigenvalue weighted by Crippen LogP contribution is 2.12. The predicted octanol–water partition coefficient (Wildman–Crippen LogP) is -0.864. The molecule has 11 heteroatoms. The van der Waals surface area contributed by atoms with E-state index in [0.717, 1.165) is 5.56 Å². The minimum atomic E-state index is -1.07. The number of nitrogens with one attached hydrogen (secondary N) is 3. The molecule has 0 radical (unpaired) electrons. The molecule has 2 aromatic carbocycles. The van der Waals surface area contributed by atoms with E-state index in [1.165, 1.54) is 12.1 Å². The molecule has 0 aliphatic rings. The van der Waals surface area contributed by atoms with E-state index in [1.54, 1.807) is 42.5 Å². The van der Waals surface area contributed by atoms with Crippen LogP contribution in [-0.2, 0) is 25.6 Å². The molecule has 0 spiro atoms. The van der Waals surface area contributed by atoms with Crippen molar-refractivity contribution in [1.29, 1.82) is 0 Å². The third-order valence-corrected chi connectivity index (χ3v) is 5.06. The Morgan fingerprint density at radius 3 is 2.15 bits per heavy atom. The number of phenolic OH excluding ortho intramolecular Hbond substituents is 1. The van der Waals surface area contributed by atoms with Gasteiger partial charge in [-0.1, -0.05) is 42.5 Å². The van der Waals surface area contributed by atoms with Gasteiger partial charge in [-0.05, 0) is 29.7 Å². The molecule has 176 valence electrons. The SMILES string of the molecule is NC(=O)C(NC(=O)[C@H](CS)NC(=O)CNC(=O)[C@@H](N)Cc1ccc(O)cc1)c1ccccc1. The summed E-state index contributed by atoms with van der Waals surface area (Å²) in [6, 6.07) is 11.6. The standard InChI is InChI=1S/C22H27N5O5S/c23-16(10-13-6-8-15(28)9-7-13)21(31)25-11-18(29)26-17(12-33)22(32)27-19(20(24)30)14-4-2-1-3-5-14/h1-9,16-17,19,28,33H,10-12,23H2,(H2,24,30)(H,25,31)(H,26,29)(H,27,32)/t16-,17-,19?/m0/s1. The van der Waals surface area contributed by atoms with Crippen LogP contribution < -0.4 is 27.4 Å². The lowest BCUT2D eigenvalue weighted by Gasteiger charge is -2.21. The average Bonchev–Trinajstić information content (AvgIpc) is 2.80. The molecule has 2 rings (SSSR count). The van der Waals surface area contributed by atoms with Gasteiger partial charge in [-0.25, -0.2) is 0 Å². The number of carbonyl (C=O) groups excluding carboxylic acids is 4. The van der Waals surface area contributed by atoms with E-state index in [0.29, 0.717) is 5.56 Å². The van der Waals surface area contributed by atoms with Gasteiger partial charge in [0.15, 0.2) is 0 Å². The fourth-order valence-corrected chi connectivity index (χ4v) is 3.18. The van der Waals surface area contributed by atoms with Crippen molar-refractivity contribution in [3.63, 3.8) is 0 Å². The molecule has 3 atom stereocenters. The first-order valence-electron chi connectivity index (χ1n) is 10.1. The number of carbonyl (C=O) groups is 4. The molecule has 0 heterocycles. The highest BCUT2D eigenvalue weighted by atomic mass is 32.1. The lowest BCUT2D eigenvalue weighted by atomic mass is 10.1. The van der Waals surface area contributed by atoms with Gasteiger partial charge in [-0.15, -0.1) is 0 Å². The molecule has 0 aliphatic carbocycles. The van der Waals surface area contributed by atoms with Gasteiger partial charge in [0.1, 0.15) is 17.8 Å². The second-order valence-electron chi connectivity index (χ2n) is 7.25. The van der Waals surface area contributed by atoms with E-state index in [9.17, 15) is 24.3 Å². The van der Waals surface area contributed by atoms with Crippen LogP contribution in [0.1, 0.15) is 17.2 Å². The van der Waals surface area contributed by atoms with E-state index < -0.39 is 48.3 Å². The van der Waals surface area contributed by atoms with Crippen molar-refractivity contribution in [2.75, 3.05) is 12.3 Å². The number of amides is 4. The average molecular weight is 474 g/mol. The molecule has 1 unspecified atom stereocenters. The zero-order valence-corrected chi connectivity index (χ0v) is 18.6. The highest BCUT2D eigenvalue weighted by Gasteiger charge is 2.26. The monoisotopic (exact) mass is 473 g/mol. The lowest BCUT2D eigenvalue weighted by molar-refractivity contribution is -0.131. The molecule has 0 saturated heterocycles. The Balaban J connectivity index is 1.86. The summed E-state index contributed by atoms with van der Waals surface area (Å²) in [6.45, 7) is -0.405. The van der Waals surface area contributed by atoms with E-state index in [-0.39, 0.29) is 17.9 Å². The van der Waals surface area contributed by atoms with Crippen molar-refractivity contribution in [3.05, 3.63) is 65.7 Å². The summed E-state index contributed by atoms with van der Waals surface area (Å²) >= 11 is 4.08. The van der Waals surface area contributed by atoms with Crippen LogP contribution in [0.5, 0.6) is 5.75 Å². The molecule has 0 aromatic heterocycles. The van der Waals surface area contributed by atoms with Gasteiger partial charge in [0.2, 0.25) is 23.6 Å². The van der Waals surface area contributed by atoms with Gasteiger partial charge in [-0.2, -0.15) is 12.6 Å². The topological polar surface area (TPSA) is 177 Å². The summed E-state index contributed by atoms with van der Waals surface area (Å²) < 4.78 is 0. The quantitative estimate of drug-likeness (QED) is 0.209. The molecule has 0 aliphatic heterocycles. The summed E-state index contributed by atoms with van der Waals surface area (Å²) in [5.41, 5.74) is 12.5. The molecule has 0 bridgehead atoms. The van der Waals surface area contributed by atoms with Gasteiger partial charge < -0.3 is 32.5 Å². The fraction of sp³-hybridized carbons (Fsp3) is 0.273. The second kappa shape index (κ2) is 12.5. The Labute approximate surface area is 196 Å². The summed E-state index contributed by atoms with van der Waals surface area (Å²) in [7, 11) is 0. The van der Waals surface area contributed by atoms with Crippen LogP contribution in [0.25, 0.3) is 0 Å². The van der Waals surface area contributed by atoms with Gasteiger partial charge in [0, 0.05) is 5.75 Å². The van der Waals surface area contributed by atoms with Crippen molar-refractivity contribution in [1.82, 2.24) is 16.0 Å². The third kappa shape index (κ3) is 8.13. The molecular formula is C22H27N5O5S. The maximum atomic E-state index is 12.6. The van der Waals surface area contributed by atoms with Gasteiger partial charge in [-0.3, -0.25) is 19.2 Å². The largest absolute Gasteiger partial charge is 0.508 e. The number of hydrogen-bond acceptors (Lipinski definition) is 7. The lowest BCUT2D eigenvalue weighted by Crippen LogP contribution is -2.53. The third-order valence-electron chi connectivity index (χ3n) is 4.69. The number of rotatable bonds is 11. The van der Waals surface area contributed by atoms with Crippen LogP contribution in [0.15, 0.2) is 54.6 Å². The highest BCUT2D eigenvalue weighted by molar-refractivity contribution is 7.80. The molecule has 10 nitrogen and oxygen atoms in total. The first-order chi connectivity index (χ1) is 15.7. The number of thiol groups is 1. The smallest absolute Gasteiger partial charge is 0.244 e. The Morgan fingerprint density at radius 2 is 1.58 bits per heavy atom. The molecule has 33 heavy (non-hydrogen) atoms. The van der Waals surface area contributed by atoms with E-state index in [4.69, 9.17) is 11.5 Å². The van der Waals surface area contributed by atoms with Crippen LogP contribution in [0.4, 0.5) is 0 Å². The summed E-state index contributed by atoms with van der Waals surface area (Å²) in [6.07, 6.45) is 0.212. The number of hydrogen-bond donors (Lipinski definition) is 7. The number of benzene rings is 2. The van der Waals surface area contributed by atoms with Gasteiger partial charge in [0.05, 0.1) is 12.6 Å².